The Balaban J connectivity index is 2.81. The van der Waals surface area contributed by atoms with E-state index in [9.17, 15) is 4.79 Å². The first-order valence-electron chi connectivity index (χ1n) is 5.09. The van der Waals surface area contributed by atoms with E-state index in [1.54, 1.807) is 25.3 Å². The largest absolute Gasteiger partial charge is 0.492 e. The van der Waals surface area contributed by atoms with Crippen molar-refractivity contribution >= 4 is 17.7 Å². The van der Waals surface area contributed by atoms with E-state index in [-0.39, 0.29) is 5.91 Å². The Morgan fingerprint density at radius 2 is 2.31 bits per heavy atom. The minimum Gasteiger partial charge on any atom is -0.492 e. The summed E-state index contributed by atoms with van der Waals surface area (Å²) in [5.41, 5.74) is 7.22. The van der Waals surface area contributed by atoms with Crippen molar-refractivity contribution in [2.45, 2.75) is 6.92 Å². The molecule has 0 aromatic heterocycles. The maximum absolute atomic E-state index is 11.0. The van der Waals surface area contributed by atoms with Crippen molar-refractivity contribution in [3.63, 3.8) is 0 Å². The maximum Gasteiger partial charge on any atom is 0.243 e. The number of benzene rings is 1. The fourth-order valence-electron chi connectivity index (χ4n) is 1.21. The lowest BCUT2D eigenvalue weighted by molar-refractivity contribution is -0.115. The fraction of sp³-hybridized carbons (Fsp3) is 0.250. The zero-order chi connectivity index (χ0) is 12.0. The fourth-order valence-corrected chi connectivity index (χ4v) is 1.21. The second-order valence-electron chi connectivity index (χ2n) is 3.18. The quantitative estimate of drug-likeness (QED) is 0.596. The lowest BCUT2D eigenvalue weighted by Gasteiger charge is -2.06. The van der Waals surface area contributed by atoms with Gasteiger partial charge in [0.2, 0.25) is 5.91 Å². The predicted molar refractivity (Wildman–Crippen MR) is 65.1 cm³/mol. The molecule has 0 heterocycles. The van der Waals surface area contributed by atoms with E-state index in [0.29, 0.717) is 18.0 Å². The monoisotopic (exact) mass is 220 g/mol. The SMILES string of the molecule is CCOc1ccc(/C=C\C(=O)NC)cc1N. The van der Waals surface area contributed by atoms with Crippen molar-refractivity contribution in [3.05, 3.63) is 29.8 Å². The Kier molecular flexibility index (Phi) is 4.39. The molecule has 3 N–H and O–H groups in total. The van der Waals surface area contributed by atoms with Crippen LogP contribution in [0.2, 0.25) is 0 Å². The molecule has 4 heteroatoms. The molecule has 0 aliphatic heterocycles. The van der Waals surface area contributed by atoms with Crippen LogP contribution in [0.3, 0.4) is 0 Å². The minimum absolute atomic E-state index is 0.146. The third-order valence-corrected chi connectivity index (χ3v) is 2.01. The number of anilines is 1. The van der Waals surface area contributed by atoms with E-state index in [4.69, 9.17) is 10.5 Å². The van der Waals surface area contributed by atoms with Gasteiger partial charge in [-0.3, -0.25) is 4.79 Å². The number of amides is 1. The van der Waals surface area contributed by atoms with Crippen LogP contribution >= 0.6 is 0 Å². The van der Waals surface area contributed by atoms with Gasteiger partial charge < -0.3 is 15.8 Å². The van der Waals surface area contributed by atoms with Gasteiger partial charge >= 0.3 is 0 Å². The van der Waals surface area contributed by atoms with Gasteiger partial charge in [-0.15, -0.1) is 0 Å². The van der Waals surface area contributed by atoms with Gasteiger partial charge in [-0.2, -0.15) is 0 Å². The van der Waals surface area contributed by atoms with E-state index in [1.807, 2.05) is 13.0 Å². The summed E-state index contributed by atoms with van der Waals surface area (Å²) < 4.78 is 5.31. The van der Waals surface area contributed by atoms with Crippen molar-refractivity contribution in [3.8, 4) is 5.75 Å². The number of hydrogen-bond donors (Lipinski definition) is 2. The summed E-state index contributed by atoms with van der Waals surface area (Å²) in [6, 6.07) is 5.41. The van der Waals surface area contributed by atoms with Gasteiger partial charge in [0.25, 0.3) is 0 Å². The van der Waals surface area contributed by atoms with Crippen LogP contribution < -0.4 is 15.8 Å². The number of carbonyl (C=O) groups is 1. The number of ether oxygens (including phenoxy) is 1. The molecule has 0 fully saturated rings. The van der Waals surface area contributed by atoms with E-state index < -0.39 is 0 Å². The van der Waals surface area contributed by atoms with E-state index in [1.165, 1.54) is 6.08 Å². The second kappa shape index (κ2) is 5.80. The summed E-state index contributed by atoms with van der Waals surface area (Å²) in [6.45, 7) is 2.48. The van der Waals surface area contributed by atoms with Crippen LogP contribution in [0.5, 0.6) is 5.75 Å². The lowest BCUT2D eigenvalue weighted by Crippen LogP contribution is -2.13. The molecule has 0 saturated heterocycles. The molecule has 1 aromatic rings. The molecule has 16 heavy (non-hydrogen) atoms. The first-order valence-corrected chi connectivity index (χ1v) is 5.09. The second-order valence-corrected chi connectivity index (χ2v) is 3.18. The van der Waals surface area contributed by atoms with Crippen LogP contribution in [-0.2, 0) is 4.79 Å². The van der Waals surface area contributed by atoms with Gasteiger partial charge in [-0.1, -0.05) is 6.07 Å². The van der Waals surface area contributed by atoms with Gasteiger partial charge in [0, 0.05) is 13.1 Å². The summed E-state index contributed by atoms with van der Waals surface area (Å²) >= 11 is 0. The number of nitrogen functional groups attached to an aromatic ring is 1. The Bertz CT molecular complexity index is 400. The number of nitrogens with two attached hydrogens (primary N) is 1. The van der Waals surface area contributed by atoms with Crippen molar-refractivity contribution in [1.82, 2.24) is 5.32 Å². The molecule has 86 valence electrons. The Morgan fingerprint density at radius 3 is 2.88 bits per heavy atom. The highest BCUT2D eigenvalue weighted by Gasteiger charge is 1.99. The van der Waals surface area contributed by atoms with E-state index in [0.717, 1.165) is 5.56 Å². The van der Waals surface area contributed by atoms with Crippen LogP contribution in [0.25, 0.3) is 6.08 Å². The van der Waals surface area contributed by atoms with Gasteiger partial charge in [0.15, 0.2) is 0 Å². The minimum atomic E-state index is -0.146. The summed E-state index contributed by atoms with van der Waals surface area (Å²) in [5.74, 6) is 0.520. The molecule has 1 rings (SSSR count). The summed E-state index contributed by atoms with van der Waals surface area (Å²) in [6.07, 6.45) is 3.15. The van der Waals surface area contributed by atoms with Crippen molar-refractivity contribution in [1.29, 1.82) is 0 Å². The maximum atomic E-state index is 11.0. The van der Waals surface area contributed by atoms with Crippen LogP contribution in [0.1, 0.15) is 12.5 Å². The highest BCUT2D eigenvalue weighted by Crippen LogP contribution is 2.22. The smallest absolute Gasteiger partial charge is 0.243 e. The third-order valence-electron chi connectivity index (χ3n) is 2.01. The molecule has 0 radical (unpaired) electrons. The molecule has 1 aromatic carbocycles. The zero-order valence-corrected chi connectivity index (χ0v) is 9.49. The molecule has 0 aliphatic carbocycles. The van der Waals surface area contributed by atoms with Gasteiger partial charge in [-0.05, 0) is 30.7 Å². The average molecular weight is 220 g/mol. The molecular formula is C12H16N2O2. The molecule has 0 unspecified atom stereocenters. The predicted octanol–water partition coefficient (Wildman–Crippen LogP) is 1.43. The van der Waals surface area contributed by atoms with Crippen LogP contribution in [-0.4, -0.2) is 19.6 Å². The van der Waals surface area contributed by atoms with Crippen LogP contribution in [0.4, 0.5) is 5.69 Å². The standard InChI is InChI=1S/C12H16N2O2/c1-3-16-11-6-4-9(8-10(11)13)5-7-12(15)14-2/h4-8H,3,13H2,1-2H3,(H,14,15)/b7-5-. The highest BCUT2D eigenvalue weighted by atomic mass is 16.5. The van der Waals surface area contributed by atoms with Crippen molar-refractivity contribution in [2.75, 3.05) is 19.4 Å². The zero-order valence-electron chi connectivity index (χ0n) is 9.49. The number of nitrogens with one attached hydrogen (secondary N) is 1. The first-order chi connectivity index (χ1) is 7.67. The Labute approximate surface area is 95.1 Å². The summed E-state index contributed by atoms with van der Waals surface area (Å²) in [5, 5.41) is 2.50. The molecule has 0 aliphatic rings. The number of likely N-dealkylation sites (N-methyl/N-ethyl adjacent to an activating group) is 1. The topological polar surface area (TPSA) is 64.3 Å². The third kappa shape index (κ3) is 3.31. The number of rotatable bonds is 4. The first kappa shape index (κ1) is 12.1. The average Bonchev–Trinajstić information content (AvgIpc) is 2.29. The summed E-state index contributed by atoms with van der Waals surface area (Å²) in [4.78, 5) is 11.0. The van der Waals surface area contributed by atoms with Gasteiger partial charge in [0.1, 0.15) is 5.75 Å². The normalized spacial score (nSPS) is 10.4. The molecule has 0 atom stereocenters. The number of hydrogen-bond acceptors (Lipinski definition) is 3. The molecule has 0 spiro atoms. The van der Waals surface area contributed by atoms with Crippen molar-refractivity contribution in [2.24, 2.45) is 0 Å². The molecule has 4 nitrogen and oxygen atoms in total. The molecule has 1 amide bonds. The lowest BCUT2D eigenvalue weighted by atomic mass is 10.1. The van der Waals surface area contributed by atoms with Crippen LogP contribution in [0, 0.1) is 0 Å². The van der Waals surface area contributed by atoms with Crippen LogP contribution in [0.15, 0.2) is 24.3 Å². The van der Waals surface area contributed by atoms with E-state index in [2.05, 4.69) is 5.32 Å². The molecular weight excluding hydrogens is 204 g/mol. The Hall–Kier alpha value is -1.97. The number of carbonyl (C=O) groups excluding carboxylic acids is 1. The van der Waals surface area contributed by atoms with Gasteiger partial charge in [-0.25, -0.2) is 0 Å². The molecule has 0 bridgehead atoms. The highest BCUT2D eigenvalue weighted by molar-refractivity contribution is 5.91. The van der Waals surface area contributed by atoms with E-state index >= 15 is 0 Å². The van der Waals surface area contributed by atoms with Gasteiger partial charge in [0.05, 0.1) is 12.3 Å². The van der Waals surface area contributed by atoms with Crippen molar-refractivity contribution < 1.29 is 9.53 Å². The Morgan fingerprint density at radius 1 is 1.56 bits per heavy atom. The summed E-state index contributed by atoms with van der Waals surface area (Å²) in [7, 11) is 1.58. The molecule has 0 saturated carbocycles.